The Kier molecular flexibility index (Phi) is 7.86. The molecule has 1 atom stereocenters. The van der Waals surface area contributed by atoms with Crippen LogP contribution < -0.4 is 15.4 Å². The number of amides is 1. The standard InChI is InChI=1S/C15H21ClN2O2.ClH/c1-11(20-14-5-3-2-4-13(14)16)8-18-15(19)10-17-9-12-6-7-12;/h2-5,11-12,17H,6-10H2,1H3,(H,18,19);1H. The average Bonchev–Trinajstić information content (AvgIpc) is 3.23. The average molecular weight is 333 g/mol. The zero-order chi connectivity index (χ0) is 14.4. The van der Waals surface area contributed by atoms with E-state index in [1.165, 1.54) is 12.8 Å². The minimum Gasteiger partial charge on any atom is -0.487 e. The number of para-hydroxylation sites is 1. The molecule has 1 amide bonds. The van der Waals surface area contributed by atoms with Crippen LogP contribution in [0.4, 0.5) is 0 Å². The van der Waals surface area contributed by atoms with Gasteiger partial charge in [0.15, 0.2) is 0 Å². The molecule has 0 aliphatic heterocycles. The zero-order valence-corrected chi connectivity index (χ0v) is 13.7. The molecule has 0 aromatic heterocycles. The lowest BCUT2D eigenvalue weighted by molar-refractivity contribution is -0.120. The van der Waals surface area contributed by atoms with Gasteiger partial charge in [0, 0.05) is 0 Å². The molecule has 1 aromatic rings. The number of carbonyl (C=O) groups is 1. The number of hydrogen-bond donors (Lipinski definition) is 2. The summed E-state index contributed by atoms with van der Waals surface area (Å²) in [5, 5.41) is 6.58. The van der Waals surface area contributed by atoms with Crippen LogP contribution in [0.2, 0.25) is 5.02 Å². The third-order valence-electron chi connectivity index (χ3n) is 3.17. The number of carbonyl (C=O) groups excluding carboxylic acids is 1. The minimum absolute atomic E-state index is 0. The van der Waals surface area contributed by atoms with Gasteiger partial charge >= 0.3 is 0 Å². The summed E-state index contributed by atoms with van der Waals surface area (Å²) in [6.07, 6.45) is 2.46. The number of benzene rings is 1. The summed E-state index contributed by atoms with van der Waals surface area (Å²) in [6.45, 7) is 3.69. The summed E-state index contributed by atoms with van der Waals surface area (Å²) in [5.41, 5.74) is 0. The molecule has 21 heavy (non-hydrogen) atoms. The number of nitrogens with one attached hydrogen (secondary N) is 2. The molecule has 4 nitrogen and oxygen atoms in total. The quantitative estimate of drug-likeness (QED) is 0.769. The van der Waals surface area contributed by atoms with Crippen molar-refractivity contribution < 1.29 is 9.53 Å². The summed E-state index contributed by atoms with van der Waals surface area (Å²) in [4.78, 5) is 11.6. The molecule has 0 spiro atoms. The van der Waals surface area contributed by atoms with E-state index < -0.39 is 0 Å². The highest BCUT2D eigenvalue weighted by atomic mass is 35.5. The van der Waals surface area contributed by atoms with Crippen molar-refractivity contribution in [3.63, 3.8) is 0 Å². The molecule has 1 fully saturated rings. The summed E-state index contributed by atoms with van der Waals surface area (Å²) < 4.78 is 5.68. The van der Waals surface area contributed by atoms with Crippen molar-refractivity contribution in [3.05, 3.63) is 29.3 Å². The van der Waals surface area contributed by atoms with E-state index in [4.69, 9.17) is 16.3 Å². The number of ether oxygens (including phenoxy) is 1. The Morgan fingerprint density at radius 3 is 2.81 bits per heavy atom. The number of halogens is 2. The first kappa shape index (κ1) is 18.1. The second-order valence-electron chi connectivity index (χ2n) is 5.24. The van der Waals surface area contributed by atoms with Crippen molar-refractivity contribution in [1.29, 1.82) is 0 Å². The van der Waals surface area contributed by atoms with E-state index in [9.17, 15) is 4.79 Å². The molecular weight excluding hydrogens is 311 g/mol. The van der Waals surface area contributed by atoms with E-state index in [0.29, 0.717) is 23.9 Å². The number of hydrogen-bond acceptors (Lipinski definition) is 3. The third kappa shape index (κ3) is 7.02. The smallest absolute Gasteiger partial charge is 0.234 e. The summed E-state index contributed by atoms with van der Waals surface area (Å²) in [6, 6.07) is 7.32. The third-order valence-corrected chi connectivity index (χ3v) is 3.48. The van der Waals surface area contributed by atoms with Gasteiger partial charge in [-0.05, 0) is 44.4 Å². The molecule has 1 saturated carbocycles. The first-order valence-electron chi connectivity index (χ1n) is 7.03. The molecule has 0 bridgehead atoms. The van der Waals surface area contributed by atoms with Crippen LogP contribution in [-0.2, 0) is 4.79 Å². The molecule has 1 unspecified atom stereocenters. The highest BCUT2D eigenvalue weighted by Crippen LogP contribution is 2.27. The van der Waals surface area contributed by atoms with Crippen LogP contribution in [0.3, 0.4) is 0 Å². The van der Waals surface area contributed by atoms with Gasteiger partial charge < -0.3 is 15.4 Å². The second kappa shape index (κ2) is 9.13. The van der Waals surface area contributed by atoms with Crippen LogP contribution in [0.15, 0.2) is 24.3 Å². The highest BCUT2D eigenvalue weighted by molar-refractivity contribution is 6.32. The van der Waals surface area contributed by atoms with E-state index in [2.05, 4.69) is 10.6 Å². The maximum absolute atomic E-state index is 11.6. The van der Waals surface area contributed by atoms with Crippen LogP contribution in [0, 0.1) is 5.92 Å². The van der Waals surface area contributed by atoms with E-state index >= 15 is 0 Å². The van der Waals surface area contributed by atoms with Crippen LogP contribution in [0.5, 0.6) is 5.75 Å². The van der Waals surface area contributed by atoms with Gasteiger partial charge in [0.05, 0.1) is 18.1 Å². The molecule has 2 N–H and O–H groups in total. The zero-order valence-electron chi connectivity index (χ0n) is 12.1. The van der Waals surface area contributed by atoms with E-state index in [0.717, 1.165) is 12.5 Å². The Hall–Kier alpha value is -0.970. The molecule has 2 rings (SSSR count). The maximum atomic E-state index is 11.6. The van der Waals surface area contributed by atoms with Crippen molar-refractivity contribution in [2.75, 3.05) is 19.6 Å². The van der Waals surface area contributed by atoms with E-state index in [1.54, 1.807) is 6.07 Å². The first-order valence-corrected chi connectivity index (χ1v) is 7.41. The predicted octanol–water partition coefficient (Wildman–Crippen LogP) is 2.64. The molecule has 0 heterocycles. The van der Waals surface area contributed by atoms with Gasteiger partial charge in [0.25, 0.3) is 0 Å². The fourth-order valence-corrected chi connectivity index (χ4v) is 2.01. The SMILES string of the molecule is CC(CNC(=O)CNCC1CC1)Oc1ccccc1Cl.Cl. The fourth-order valence-electron chi connectivity index (χ4n) is 1.83. The number of rotatable bonds is 8. The lowest BCUT2D eigenvalue weighted by atomic mass is 10.3. The molecule has 0 radical (unpaired) electrons. The molecule has 6 heteroatoms. The molecule has 1 aliphatic carbocycles. The molecule has 1 aromatic carbocycles. The monoisotopic (exact) mass is 332 g/mol. The maximum Gasteiger partial charge on any atom is 0.234 e. The van der Waals surface area contributed by atoms with Gasteiger partial charge in [-0.2, -0.15) is 0 Å². The second-order valence-corrected chi connectivity index (χ2v) is 5.64. The Balaban J connectivity index is 0.00000220. The van der Waals surface area contributed by atoms with Gasteiger partial charge in [-0.25, -0.2) is 0 Å². The predicted molar refractivity (Wildman–Crippen MR) is 87.4 cm³/mol. The van der Waals surface area contributed by atoms with Crippen molar-refractivity contribution in [3.8, 4) is 5.75 Å². The van der Waals surface area contributed by atoms with Crippen LogP contribution in [0.1, 0.15) is 19.8 Å². The Labute approximate surface area is 137 Å². The summed E-state index contributed by atoms with van der Waals surface area (Å²) in [5.74, 6) is 1.42. The van der Waals surface area contributed by atoms with Crippen molar-refractivity contribution >= 4 is 29.9 Å². The van der Waals surface area contributed by atoms with E-state index in [-0.39, 0.29) is 24.4 Å². The van der Waals surface area contributed by atoms with Crippen LogP contribution >= 0.6 is 24.0 Å². The Morgan fingerprint density at radius 1 is 1.43 bits per heavy atom. The highest BCUT2D eigenvalue weighted by Gasteiger charge is 2.20. The normalized spacial score (nSPS) is 15.0. The van der Waals surface area contributed by atoms with Crippen LogP contribution in [-0.4, -0.2) is 31.6 Å². The van der Waals surface area contributed by atoms with Crippen molar-refractivity contribution in [2.45, 2.75) is 25.9 Å². The van der Waals surface area contributed by atoms with Crippen molar-refractivity contribution in [2.24, 2.45) is 5.92 Å². The van der Waals surface area contributed by atoms with Gasteiger partial charge in [-0.1, -0.05) is 23.7 Å². The Morgan fingerprint density at radius 2 is 2.14 bits per heavy atom. The van der Waals surface area contributed by atoms with Crippen molar-refractivity contribution in [1.82, 2.24) is 10.6 Å². The van der Waals surface area contributed by atoms with Gasteiger partial charge in [0.1, 0.15) is 11.9 Å². The lowest BCUT2D eigenvalue weighted by Crippen LogP contribution is -2.39. The molecule has 1 aliphatic rings. The van der Waals surface area contributed by atoms with Gasteiger partial charge in [-0.15, -0.1) is 12.4 Å². The minimum atomic E-state index is -0.123. The van der Waals surface area contributed by atoms with Gasteiger partial charge in [0.2, 0.25) is 5.91 Å². The lowest BCUT2D eigenvalue weighted by Gasteiger charge is -2.16. The molecule has 118 valence electrons. The topological polar surface area (TPSA) is 50.4 Å². The summed E-state index contributed by atoms with van der Waals surface area (Å²) >= 11 is 6.01. The fraction of sp³-hybridized carbons (Fsp3) is 0.533. The van der Waals surface area contributed by atoms with Gasteiger partial charge in [-0.3, -0.25) is 4.79 Å². The van der Waals surface area contributed by atoms with Crippen LogP contribution in [0.25, 0.3) is 0 Å². The molecule has 0 saturated heterocycles. The summed E-state index contributed by atoms with van der Waals surface area (Å²) in [7, 11) is 0. The first-order chi connectivity index (χ1) is 9.65. The van der Waals surface area contributed by atoms with E-state index in [1.807, 2.05) is 25.1 Å². The largest absolute Gasteiger partial charge is 0.487 e. The molecular formula is C15H22Cl2N2O2. The Bertz CT molecular complexity index is 453.